The van der Waals surface area contributed by atoms with Gasteiger partial charge >= 0.3 is 23.1 Å². The van der Waals surface area contributed by atoms with Crippen molar-refractivity contribution in [2.24, 2.45) is 0 Å². The molecule has 0 atom stereocenters. The first-order valence-corrected chi connectivity index (χ1v) is 0. The first-order valence-electron chi connectivity index (χ1n) is 0. The van der Waals surface area contributed by atoms with Crippen LogP contribution in [0, 0.1) is 0 Å². The maximum Gasteiger partial charge on any atom is 0.316 e. The van der Waals surface area contributed by atoms with Gasteiger partial charge in [0.25, 0.3) is 0 Å². The summed E-state index contributed by atoms with van der Waals surface area (Å²) in [7, 11) is 0. The summed E-state index contributed by atoms with van der Waals surface area (Å²) in [6.07, 6.45) is 0. The molecule has 0 saturated carbocycles. The first kappa shape index (κ1) is 253. The smallest absolute Gasteiger partial charge is 0.316 e. The summed E-state index contributed by atoms with van der Waals surface area (Å²) in [4.78, 5) is 0. The van der Waals surface area contributed by atoms with Crippen molar-refractivity contribution in [3.05, 3.63) is 0 Å². The van der Waals surface area contributed by atoms with Gasteiger partial charge in [-0.3, -0.25) is 0 Å². The van der Waals surface area contributed by atoms with Crippen LogP contribution in [-0.2, 0) is 17.1 Å². The van der Waals surface area contributed by atoms with E-state index in [1.54, 1.807) is 0 Å². The summed E-state index contributed by atoms with van der Waals surface area (Å²) < 4.78 is 0. The summed E-state index contributed by atoms with van der Waals surface area (Å²) in [6, 6.07) is 0. The van der Waals surface area contributed by atoms with E-state index in [-0.39, 0.29) is 86.8 Å². The fourth-order valence-corrected chi connectivity index (χ4v) is 0. The van der Waals surface area contributed by atoms with E-state index in [0.29, 0.717) is 0 Å². The molecule has 59 valence electrons. The van der Waals surface area contributed by atoms with Gasteiger partial charge < -0.3 is 21.9 Å². The van der Waals surface area contributed by atoms with Crippen LogP contribution in [0.2, 0.25) is 0 Å². The Balaban J connectivity index is 0. The topological polar surface area (TPSA) is 126 Å². The van der Waals surface area contributed by atoms with Gasteiger partial charge in [0.05, 0.1) is 0 Å². The predicted octanol–water partition coefficient (Wildman–Crippen LogP) is -3.37. The largest absolute Gasteiger partial charge is 0.412 e. The monoisotopic (exact) mass is 225 g/mol. The normalized spacial score (nSPS) is 0. The fourth-order valence-electron chi connectivity index (χ4n) is 0. The molecule has 0 spiro atoms. The van der Waals surface area contributed by atoms with E-state index in [0.717, 1.165) is 0 Å². The minimum atomic E-state index is 0. The van der Waals surface area contributed by atoms with Crippen molar-refractivity contribution < 1.29 is 39.0 Å². The summed E-state index contributed by atoms with van der Waals surface area (Å²) in [5, 5.41) is 0. The molecule has 0 aromatic heterocycles. The van der Waals surface area contributed by atoms with Gasteiger partial charge in [0.2, 0.25) is 0 Å². The SMILES string of the molecule is Cl.Cl.O.O.O.O.[MgH2].[Mn]. The average molecular weight is 226 g/mol. The zero-order valence-electron chi connectivity index (χ0n) is 3.19. The minimum Gasteiger partial charge on any atom is -0.412 e. The molecule has 0 aliphatic rings. The van der Waals surface area contributed by atoms with E-state index in [4.69, 9.17) is 0 Å². The third-order valence-electron chi connectivity index (χ3n) is 0. The predicted molar refractivity (Wildman–Crippen MR) is 37.5 cm³/mol. The Labute approximate surface area is 86.5 Å². The second-order valence-corrected chi connectivity index (χ2v) is 0. The Morgan fingerprint density at radius 3 is 0.500 bits per heavy atom. The van der Waals surface area contributed by atoms with Gasteiger partial charge in [0, 0.05) is 17.1 Å². The zero-order chi connectivity index (χ0) is 0. The quantitative estimate of drug-likeness (QED) is 0.382. The Kier molecular flexibility index (Phi) is 5620. The summed E-state index contributed by atoms with van der Waals surface area (Å²) in [6.45, 7) is 0. The molecule has 8 N–H and O–H groups in total. The van der Waals surface area contributed by atoms with Crippen LogP contribution < -0.4 is 0 Å². The van der Waals surface area contributed by atoms with Crippen LogP contribution in [0.15, 0.2) is 0 Å². The third-order valence-corrected chi connectivity index (χ3v) is 0. The van der Waals surface area contributed by atoms with E-state index >= 15 is 0 Å². The molecule has 0 rings (SSSR count). The van der Waals surface area contributed by atoms with Crippen molar-refractivity contribution >= 4 is 47.9 Å². The second kappa shape index (κ2) is 178. The van der Waals surface area contributed by atoms with Crippen LogP contribution in [0.5, 0.6) is 0 Å². The van der Waals surface area contributed by atoms with Gasteiger partial charge in [-0.25, -0.2) is 0 Å². The molecule has 0 bridgehead atoms. The molecular weight excluding hydrogens is 214 g/mol. The van der Waals surface area contributed by atoms with Gasteiger partial charge in [-0.05, 0) is 0 Å². The molecule has 0 fully saturated rings. The second-order valence-electron chi connectivity index (χ2n) is 0. The van der Waals surface area contributed by atoms with Gasteiger partial charge in [0.1, 0.15) is 0 Å². The van der Waals surface area contributed by atoms with Crippen LogP contribution in [0.1, 0.15) is 0 Å². The molecule has 0 aliphatic carbocycles. The van der Waals surface area contributed by atoms with Gasteiger partial charge in [-0.2, -0.15) is 0 Å². The molecule has 0 aromatic rings. The van der Waals surface area contributed by atoms with Gasteiger partial charge in [-0.15, -0.1) is 24.8 Å². The van der Waals surface area contributed by atoms with E-state index in [1.165, 1.54) is 0 Å². The Hall–Kier alpha value is 1.71. The Morgan fingerprint density at radius 1 is 0.500 bits per heavy atom. The molecule has 1 radical (unpaired) electrons. The van der Waals surface area contributed by atoms with Crippen LogP contribution >= 0.6 is 24.8 Å². The van der Waals surface area contributed by atoms with Crippen molar-refractivity contribution in [1.29, 1.82) is 0 Å². The van der Waals surface area contributed by atoms with E-state index in [9.17, 15) is 0 Å². The van der Waals surface area contributed by atoms with E-state index < -0.39 is 0 Å². The fraction of sp³-hybridized carbons (Fsp3) is 0. The molecule has 0 amide bonds. The van der Waals surface area contributed by atoms with Crippen molar-refractivity contribution in [3.8, 4) is 0 Å². The molecule has 0 aromatic carbocycles. The van der Waals surface area contributed by atoms with E-state index in [2.05, 4.69) is 0 Å². The molecule has 8 heteroatoms. The van der Waals surface area contributed by atoms with Crippen molar-refractivity contribution in [1.82, 2.24) is 0 Å². The first-order chi connectivity index (χ1) is 0. The van der Waals surface area contributed by atoms with Crippen molar-refractivity contribution in [2.45, 2.75) is 0 Å². The zero-order valence-corrected chi connectivity index (χ0v) is 6.01. The van der Waals surface area contributed by atoms with Crippen molar-refractivity contribution in [3.63, 3.8) is 0 Å². The molecule has 4 nitrogen and oxygen atoms in total. The molecule has 8 heavy (non-hydrogen) atoms. The number of halogens is 2. The summed E-state index contributed by atoms with van der Waals surface area (Å²) in [5.41, 5.74) is 0. The Bertz CT molecular complexity index is 14.0. The van der Waals surface area contributed by atoms with Crippen molar-refractivity contribution in [2.75, 3.05) is 0 Å². The van der Waals surface area contributed by atoms with Crippen LogP contribution in [-0.4, -0.2) is 45.0 Å². The molecule has 0 unspecified atom stereocenters. The number of hydrogen-bond donors (Lipinski definition) is 0. The molecule has 0 aliphatic heterocycles. The molecular formula is H12Cl2MgMnO4. The van der Waals surface area contributed by atoms with E-state index in [1.807, 2.05) is 0 Å². The maximum atomic E-state index is 0. The van der Waals surface area contributed by atoms with Gasteiger partial charge in [0.15, 0.2) is 0 Å². The minimum absolute atomic E-state index is 0. The third kappa shape index (κ3) is 119. The molecule has 0 saturated heterocycles. The average Bonchev–Trinajstić information content (AvgIpc) is 0. The summed E-state index contributed by atoms with van der Waals surface area (Å²) >= 11 is 0. The number of rotatable bonds is 0. The van der Waals surface area contributed by atoms with Crippen LogP contribution in [0.3, 0.4) is 0 Å². The maximum absolute atomic E-state index is 0. The Morgan fingerprint density at radius 2 is 0.500 bits per heavy atom. The standard InChI is InChI=1S/2ClH.Mg.Mn.4H2O.2H/h2*1H;;;4*1H2;;. The summed E-state index contributed by atoms with van der Waals surface area (Å²) in [5.74, 6) is 0. The van der Waals surface area contributed by atoms with Crippen LogP contribution in [0.4, 0.5) is 0 Å². The molecule has 0 heterocycles. The van der Waals surface area contributed by atoms with Gasteiger partial charge in [-0.1, -0.05) is 0 Å². The van der Waals surface area contributed by atoms with Crippen LogP contribution in [0.25, 0.3) is 0 Å². The number of hydrogen-bond acceptors (Lipinski definition) is 0.